The van der Waals surface area contributed by atoms with Gasteiger partial charge in [-0.1, -0.05) is 31.1 Å². The Morgan fingerprint density at radius 3 is 2.88 bits per heavy atom. The third kappa shape index (κ3) is 3.44. The van der Waals surface area contributed by atoms with Crippen LogP contribution in [-0.2, 0) is 4.74 Å². The van der Waals surface area contributed by atoms with Gasteiger partial charge in [-0.05, 0) is 74.5 Å². The Kier molecular flexibility index (Phi) is 5.42. The summed E-state index contributed by atoms with van der Waals surface area (Å²) < 4.78 is 5.57. The third-order valence-corrected chi connectivity index (χ3v) is 7.55. The van der Waals surface area contributed by atoms with E-state index in [1.54, 1.807) is 13.2 Å². The third-order valence-electron chi connectivity index (χ3n) is 7.55. The lowest BCUT2D eigenvalue weighted by Crippen LogP contribution is -2.45. The van der Waals surface area contributed by atoms with Crippen LogP contribution in [0.4, 0.5) is 0 Å². The number of aliphatic hydroxyl groups excluding tert-OH is 1. The predicted octanol–water partition coefficient (Wildman–Crippen LogP) is 4.92. The van der Waals surface area contributed by atoms with Crippen LogP contribution in [0.25, 0.3) is 0 Å². The number of ether oxygens (including phenoxy) is 1. The summed E-state index contributed by atoms with van der Waals surface area (Å²) in [6.45, 7) is 4.75. The minimum atomic E-state index is -0.454. The van der Waals surface area contributed by atoms with Gasteiger partial charge in [-0.2, -0.15) is 5.26 Å². The standard InChI is InChI=1S/C22H33NO2/c1-21(11-5-8-16(21)10-13-23)12-9-17-6-4-7-18-14-19(24)20(25-3)15-22(17,18)2/h10,14,17,19-20,24H,4-9,11-12,15H2,1-3H3. The van der Waals surface area contributed by atoms with Gasteiger partial charge in [0.2, 0.25) is 0 Å². The smallest absolute Gasteiger partial charge is 0.0985 e. The van der Waals surface area contributed by atoms with Gasteiger partial charge in [-0.25, -0.2) is 0 Å². The second-order valence-corrected chi connectivity index (χ2v) is 8.92. The highest BCUT2D eigenvalue weighted by molar-refractivity contribution is 5.26. The maximum absolute atomic E-state index is 10.3. The summed E-state index contributed by atoms with van der Waals surface area (Å²) in [5.41, 5.74) is 3.18. The summed E-state index contributed by atoms with van der Waals surface area (Å²) in [4.78, 5) is 0. The fourth-order valence-corrected chi connectivity index (χ4v) is 5.75. The van der Waals surface area contributed by atoms with Crippen LogP contribution < -0.4 is 0 Å². The highest BCUT2D eigenvalue weighted by Crippen LogP contribution is 2.55. The molecule has 0 radical (unpaired) electrons. The molecule has 25 heavy (non-hydrogen) atoms. The quantitative estimate of drug-likeness (QED) is 0.582. The molecule has 0 bridgehead atoms. The van der Waals surface area contributed by atoms with Crippen LogP contribution in [0.15, 0.2) is 23.3 Å². The number of hydrogen-bond acceptors (Lipinski definition) is 3. The second-order valence-electron chi connectivity index (χ2n) is 8.92. The number of nitrogens with zero attached hydrogens (tertiary/aromatic N) is 1. The molecule has 0 heterocycles. The number of hydrogen-bond donors (Lipinski definition) is 1. The number of rotatable bonds is 4. The summed E-state index contributed by atoms with van der Waals surface area (Å²) in [6, 6.07) is 2.26. The number of methoxy groups -OCH3 is 1. The number of fused-ring (bicyclic) bond motifs is 1. The summed E-state index contributed by atoms with van der Waals surface area (Å²) in [5.74, 6) is 0.651. The molecule has 0 spiro atoms. The molecule has 138 valence electrons. The molecule has 3 nitrogen and oxygen atoms in total. The molecule has 3 aliphatic rings. The van der Waals surface area contributed by atoms with E-state index < -0.39 is 6.10 Å². The van der Waals surface area contributed by atoms with Crippen molar-refractivity contribution in [3.05, 3.63) is 23.3 Å². The van der Waals surface area contributed by atoms with Crippen molar-refractivity contribution in [3.63, 3.8) is 0 Å². The summed E-state index contributed by atoms with van der Waals surface area (Å²) in [6.07, 6.45) is 13.8. The minimum absolute atomic E-state index is 0.0783. The zero-order valence-corrected chi connectivity index (χ0v) is 16.1. The average molecular weight is 344 g/mol. The lowest BCUT2D eigenvalue weighted by atomic mass is 9.57. The van der Waals surface area contributed by atoms with Gasteiger partial charge in [0.05, 0.1) is 18.3 Å². The lowest BCUT2D eigenvalue weighted by molar-refractivity contribution is -0.0398. The van der Waals surface area contributed by atoms with Gasteiger partial charge < -0.3 is 9.84 Å². The summed E-state index contributed by atoms with van der Waals surface area (Å²) >= 11 is 0. The fourth-order valence-electron chi connectivity index (χ4n) is 5.75. The van der Waals surface area contributed by atoms with Crippen LogP contribution in [0.1, 0.15) is 71.6 Å². The number of allylic oxidation sites excluding steroid dienone is 3. The molecule has 0 aromatic rings. The first-order valence-electron chi connectivity index (χ1n) is 9.94. The van der Waals surface area contributed by atoms with Crippen LogP contribution in [0.5, 0.6) is 0 Å². The van der Waals surface area contributed by atoms with E-state index in [0.717, 1.165) is 19.3 Å². The van der Waals surface area contributed by atoms with E-state index >= 15 is 0 Å². The van der Waals surface area contributed by atoms with Gasteiger partial charge in [0.25, 0.3) is 0 Å². The van der Waals surface area contributed by atoms with Crippen LogP contribution in [0.2, 0.25) is 0 Å². The summed E-state index contributed by atoms with van der Waals surface area (Å²) in [5, 5.41) is 19.4. The first-order valence-corrected chi connectivity index (χ1v) is 9.94. The molecule has 0 saturated heterocycles. The Bertz CT molecular complexity index is 602. The molecular formula is C22H33NO2. The first kappa shape index (κ1) is 18.7. The molecule has 2 saturated carbocycles. The lowest BCUT2D eigenvalue weighted by Gasteiger charge is -2.49. The van der Waals surface area contributed by atoms with Crippen LogP contribution >= 0.6 is 0 Å². The van der Waals surface area contributed by atoms with E-state index in [4.69, 9.17) is 10.00 Å². The zero-order valence-electron chi connectivity index (χ0n) is 16.1. The minimum Gasteiger partial charge on any atom is -0.386 e. The molecule has 1 N–H and O–H groups in total. The zero-order chi connectivity index (χ0) is 18.1. The highest BCUT2D eigenvalue weighted by Gasteiger charge is 2.46. The molecule has 5 unspecified atom stereocenters. The Morgan fingerprint density at radius 2 is 2.16 bits per heavy atom. The van der Waals surface area contributed by atoms with Gasteiger partial charge in [-0.3, -0.25) is 0 Å². The van der Waals surface area contributed by atoms with E-state index in [2.05, 4.69) is 26.0 Å². The SMILES string of the molecule is COC1CC2(C)C(=CC1O)CCCC2CCC1(C)CCCC1=CC#N. The molecule has 0 aliphatic heterocycles. The van der Waals surface area contributed by atoms with Crippen LogP contribution in [-0.4, -0.2) is 24.4 Å². The Balaban J connectivity index is 1.75. The van der Waals surface area contributed by atoms with Gasteiger partial charge in [0.1, 0.15) is 0 Å². The predicted molar refractivity (Wildman–Crippen MR) is 99.8 cm³/mol. The highest BCUT2D eigenvalue weighted by atomic mass is 16.5. The monoisotopic (exact) mass is 343 g/mol. The maximum Gasteiger partial charge on any atom is 0.0985 e. The number of nitriles is 1. The summed E-state index contributed by atoms with van der Waals surface area (Å²) in [7, 11) is 1.71. The Morgan fingerprint density at radius 1 is 1.36 bits per heavy atom. The average Bonchev–Trinajstić information content (AvgIpc) is 2.94. The Hall–Kier alpha value is -1.11. The van der Waals surface area contributed by atoms with E-state index in [1.165, 1.54) is 49.7 Å². The van der Waals surface area contributed by atoms with E-state index in [-0.39, 0.29) is 16.9 Å². The molecule has 3 rings (SSSR count). The van der Waals surface area contributed by atoms with E-state index in [9.17, 15) is 5.11 Å². The van der Waals surface area contributed by atoms with Crippen molar-refractivity contribution in [2.24, 2.45) is 16.7 Å². The fraction of sp³-hybridized carbons (Fsp3) is 0.773. The maximum atomic E-state index is 10.3. The van der Waals surface area contributed by atoms with Crippen molar-refractivity contribution in [2.75, 3.05) is 7.11 Å². The molecule has 3 heteroatoms. The molecular weight excluding hydrogens is 310 g/mol. The van der Waals surface area contributed by atoms with E-state index in [1.807, 2.05) is 0 Å². The first-order chi connectivity index (χ1) is 11.9. The van der Waals surface area contributed by atoms with E-state index in [0.29, 0.717) is 5.92 Å². The van der Waals surface area contributed by atoms with Crippen LogP contribution in [0.3, 0.4) is 0 Å². The Labute approximate surface area is 152 Å². The van der Waals surface area contributed by atoms with Crippen molar-refractivity contribution in [1.29, 1.82) is 5.26 Å². The number of aliphatic hydroxyl groups is 1. The van der Waals surface area contributed by atoms with Crippen molar-refractivity contribution in [3.8, 4) is 6.07 Å². The van der Waals surface area contributed by atoms with Gasteiger partial charge in [0, 0.05) is 13.2 Å². The molecule has 5 atom stereocenters. The normalized spacial score (nSPS) is 42.8. The molecule has 0 amide bonds. The van der Waals surface area contributed by atoms with Crippen molar-refractivity contribution in [2.45, 2.75) is 83.8 Å². The van der Waals surface area contributed by atoms with Crippen molar-refractivity contribution >= 4 is 0 Å². The van der Waals surface area contributed by atoms with Crippen molar-refractivity contribution < 1.29 is 9.84 Å². The molecule has 0 aromatic carbocycles. The molecule has 3 aliphatic carbocycles. The largest absolute Gasteiger partial charge is 0.386 e. The van der Waals surface area contributed by atoms with Crippen LogP contribution in [0, 0.1) is 28.1 Å². The van der Waals surface area contributed by atoms with Gasteiger partial charge >= 0.3 is 0 Å². The topological polar surface area (TPSA) is 53.2 Å². The second kappa shape index (κ2) is 7.25. The molecule has 2 fully saturated rings. The van der Waals surface area contributed by atoms with Gasteiger partial charge in [0.15, 0.2) is 0 Å². The van der Waals surface area contributed by atoms with Crippen molar-refractivity contribution in [1.82, 2.24) is 0 Å². The molecule has 0 aromatic heterocycles. The van der Waals surface area contributed by atoms with Gasteiger partial charge in [-0.15, -0.1) is 0 Å².